The summed E-state index contributed by atoms with van der Waals surface area (Å²) in [5.41, 5.74) is 0. The van der Waals surface area contributed by atoms with Crippen molar-refractivity contribution in [3.8, 4) is 0 Å². The van der Waals surface area contributed by atoms with E-state index < -0.39 is 10.0 Å². The number of nitrogens with one attached hydrogen (secondary N) is 1. The van der Waals surface area contributed by atoms with E-state index in [1.807, 2.05) is 13.8 Å². The van der Waals surface area contributed by atoms with Gasteiger partial charge in [0, 0.05) is 38.1 Å². The molecule has 0 radical (unpaired) electrons. The second kappa shape index (κ2) is 9.96. The van der Waals surface area contributed by atoms with Gasteiger partial charge in [0.1, 0.15) is 0 Å². The summed E-state index contributed by atoms with van der Waals surface area (Å²) in [5, 5.41) is 2.93. The summed E-state index contributed by atoms with van der Waals surface area (Å²) in [6.07, 6.45) is 3.03. The Hall–Kier alpha value is -1.35. The zero-order chi connectivity index (χ0) is 19.0. The summed E-state index contributed by atoms with van der Waals surface area (Å²) in [7, 11) is -3.33. The van der Waals surface area contributed by atoms with Crippen LogP contribution in [0.2, 0.25) is 0 Å². The number of piperidine rings is 1. The van der Waals surface area contributed by atoms with Gasteiger partial charge in [0.2, 0.25) is 15.9 Å². The monoisotopic (exact) mass is 377 g/mol. The molecule has 1 aliphatic rings. The Balaban J connectivity index is 2.41. The summed E-state index contributed by atoms with van der Waals surface area (Å²) in [5.74, 6) is -0.161. The molecule has 9 heteroatoms. The smallest absolute Gasteiger partial charge is 0.409 e. The van der Waals surface area contributed by atoms with Crippen LogP contribution in [0, 0.1) is 0 Å². The van der Waals surface area contributed by atoms with Crippen molar-refractivity contribution in [2.24, 2.45) is 0 Å². The fourth-order valence-electron chi connectivity index (χ4n) is 2.85. The lowest BCUT2D eigenvalue weighted by Gasteiger charge is -2.32. The van der Waals surface area contributed by atoms with Crippen molar-refractivity contribution in [1.82, 2.24) is 14.5 Å². The van der Waals surface area contributed by atoms with Crippen LogP contribution < -0.4 is 5.32 Å². The average molecular weight is 378 g/mol. The average Bonchev–Trinajstić information content (AvgIpc) is 2.54. The van der Waals surface area contributed by atoms with Crippen LogP contribution >= 0.6 is 0 Å². The first-order chi connectivity index (χ1) is 11.7. The zero-order valence-electron chi connectivity index (χ0n) is 15.7. The summed E-state index contributed by atoms with van der Waals surface area (Å²) in [4.78, 5) is 25.4. The molecule has 1 heterocycles. The molecule has 1 rings (SSSR count). The molecule has 25 heavy (non-hydrogen) atoms. The third-order valence-corrected chi connectivity index (χ3v) is 5.85. The number of nitrogens with zero attached hydrogens (tertiary/aromatic N) is 2. The van der Waals surface area contributed by atoms with Gasteiger partial charge in [-0.25, -0.2) is 13.2 Å². The van der Waals surface area contributed by atoms with E-state index in [-0.39, 0.29) is 37.0 Å². The van der Waals surface area contributed by atoms with Crippen molar-refractivity contribution >= 4 is 22.0 Å². The summed E-state index contributed by atoms with van der Waals surface area (Å²) < 4.78 is 30.0. The number of sulfonamides is 1. The van der Waals surface area contributed by atoms with Gasteiger partial charge in [-0.05, 0) is 33.1 Å². The van der Waals surface area contributed by atoms with Crippen molar-refractivity contribution in [3.63, 3.8) is 0 Å². The fourth-order valence-corrected chi connectivity index (χ4v) is 4.08. The lowest BCUT2D eigenvalue weighted by atomic mass is 10.1. The first kappa shape index (κ1) is 21.7. The Kier molecular flexibility index (Phi) is 8.64. The van der Waals surface area contributed by atoms with Gasteiger partial charge in [-0.3, -0.25) is 4.79 Å². The Morgan fingerprint density at radius 3 is 2.36 bits per heavy atom. The van der Waals surface area contributed by atoms with Crippen LogP contribution in [0.4, 0.5) is 4.79 Å². The largest absolute Gasteiger partial charge is 0.450 e. The molecule has 0 aromatic carbocycles. The highest BCUT2D eigenvalue weighted by atomic mass is 32.2. The number of rotatable bonds is 8. The minimum atomic E-state index is -3.33. The topological polar surface area (TPSA) is 96.0 Å². The van der Waals surface area contributed by atoms with Crippen molar-refractivity contribution < 1.29 is 22.7 Å². The molecule has 0 aromatic heterocycles. The molecule has 0 spiro atoms. The van der Waals surface area contributed by atoms with Gasteiger partial charge in [0.25, 0.3) is 0 Å². The molecule has 0 aromatic rings. The first-order valence-electron chi connectivity index (χ1n) is 8.86. The van der Waals surface area contributed by atoms with E-state index in [1.54, 1.807) is 11.8 Å². The molecule has 8 nitrogen and oxygen atoms in total. The standard InChI is InChI=1S/C16H31N3O5S/c1-5-13(3)19(25(4,22)23)12-9-15(20)17-14-7-10-18(11-8-14)16(21)24-6-2/h13-14H,5-12H2,1-4H3,(H,17,20). The van der Waals surface area contributed by atoms with Gasteiger partial charge in [0.15, 0.2) is 0 Å². The Labute approximate surface area is 150 Å². The van der Waals surface area contributed by atoms with Gasteiger partial charge in [-0.1, -0.05) is 6.92 Å². The first-order valence-corrected chi connectivity index (χ1v) is 10.7. The molecule has 0 saturated carbocycles. The Morgan fingerprint density at radius 2 is 1.88 bits per heavy atom. The van der Waals surface area contributed by atoms with Crippen LogP contribution in [-0.4, -0.2) is 74.2 Å². The molecule has 1 fully saturated rings. The molecule has 1 aliphatic heterocycles. The van der Waals surface area contributed by atoms with Crippen molar-refractivity contribution in [3.05, 3.63) is 0 Å². The number of likely N-dealkylation sites (tertiary alicyclic amines) is 1. The van der Waals surface area contributed by atoms with Crippen LogP contribution in [0.5, 0.6) is 0 Å². The van der Waals surface area contributed by atoms with Gasteiger partial charge in [-0.15, -0.1) is 0 Å². The third kappa shape index (κ3) is 7.19. The van der Waals surface area contributed by atoms with E-state index >= 15 is 0 Å². The summed E-state index contributed by atoms with van der Waals surface area (Å²) in [6, 6.07) is -0.121. The summed E-state index contributed by atoms with van der Waals surface area (Å²) in [6.45, 7) is 7.15. The molecule has 1 saturated heterocycles. The molecule has 1 atom stereocenters. The normalized spacial score (nSPS) is 17.4. The molecule has 0 bridgehead atoms. The van der Waals surface area contributed by atoms with Crippen LogP contribution in [-0.2, 0) is 19.6 Å². The summed E-state index contributed by atoms with van der Waals surface area (Å²) >= 11 is 0. The fraction of sp³-hybridized carbons (Fsp3) is 0.875. The van der Waals surface area contributed by atoms with Crippen molar-refractivity contribution in [2.75, 3.05) is 32.5 Å². The van der Waals surface area contributed by atoms with Crippen LogP contribution in [0.15, 0.2) is 0 Å². The van der Waals surface area contributed by atoms with Crippen molar-refractivity contribution in [2.45, 2.75) is 58.5 Å². The van der Waals surface area contributed by atoms with E-state index in [4.69, 9.17) is 4.74 Å². The van der Waals surface area contributed by atoms with E-state index in [0.29, 0.717) is 39.0 Å². The number of ether oxygens (including phenoxy) is 1. The maximum atomic E-state index is 12.1. The molecule has 0 aliphatic carbocycles. The van der Waals surface area contributed by atoms with Gasteiger partial charge in [-0.2, -0.15) is 4.31 Å². The van der Waals surface area contributed by atoms with E-state index in [9.17, 15) is 18.0 Å². The highest BCUT2D eigenvalue weighted by Crippen LogP contribution is 2.13. The maximum Gasteiger partial charge on any atom is 0.409 e. The van der Waals surface area contributed by atoms with Crippen LogP contribution in [0.1, 0.15) is 46.5 Å². The van der Waals surface area contributed by atoms with Crippen molar-refractivity contribution in [1.29, 1.82) is 0 Å². The van der Waals surface area contributed by atoms with Crippen LogP contribution in [0.3, 0.4) is 0 Å². The maximum absolute atomic E-state index is 12.1. The highest BCUT2D eigenvalue weighted by molar-refractivity contribution is 7.88. The molecular formula is C16H31N3O5S. The quantitative estimate of drug-likeness (QED) is 0.685. The Morgan fingerprint density at radius 1 is 1.28 bits per heavy atom. The predicted molar refractivity (Wildman–Crippen MR) is 95.7 cm³/mol. The second-order valence-corrected chi connectivity index (χ2v) is 8.34. The molecule has 1 N–H and O–H groups in total. The molecular weight excluding hydrogens is 346 g/mol. The highest BCUT2D eigenvalue weighted by Gasteiger charge is 2.26. The number of amides is 2. The minimum Gasteiger partial charge on any atom is -0.450 e. The lowest BCUT2D eigenvalue weighted by Crippen LogP contribution is -2.47. The van der Waals surface area contributed by atoms with E-state index in [2.05, 4.69) is 5.32 Å². The molecule has 146 valence electrons. The number of hydrogen-bond acceptors (Lipinski definition) is 5. The SMILES string of the molecule is CCOC(=O)N1CCC(NC(=O)CCN(C(C)CC)S(C)(=O)=O)CC1. The minimum absolute atomic E-state index is 0.00783. The van der Waals surface area contributed by atoms with Gasteiger partial charge in [0.05, 0.1) is 12.9 Å². The second-order valence-electron chi connectivity index (χ2n) is 6.41. The van der Waals surface area contributed by atoms with E-state index in [0.717, 1.165) is 0 Å². The van der Waals surface area contributed by atoms with Gasteiger partial charge >= 0.3 is 6.09 Å². The third-order valence-electron chi connectivity index (χ3n) is 4.45. The number of hydrogen-bond donors (Lipinski definition) is 1. The van der Waals surface area contributed by atoms with Gasteiger partial charge < -0.3 is 15.0 Å². The Bertz CT molecular complexity index is 544. The van der Waals surface area contributed by atoms with E-state index in [1.165, 1.54) is 10.6 Å². The predicted octanol–water partition coefficient (Wildman–Crippen LogP) is 1.17. The lowest BCUT2D eigenvalue weighted by molar-refractivity contribution is -0.122. The van der Waals surface area contributed by atoms with Crippen LogP contribution in [0.25, 0.3) is 0 Å². The molecule has 1 unspecified atom stereocenters. The number of carbonyl (C=O) groups excluding carboxylic acids is 2. The zero-order valence-corrected chi connectivity index (χ0v) is 16.5. The molecule has 2 amide bonds. The number of carbonyl (C=O) groups is 2.